The van der Waals surface area contributed by atoms with E-state index < -0.39 is 5.60 Å². The summed E-state index contributed by atoms with van der Waals surface area (Å²) in [7, 11) is 0. The van der Waals surface area contributed by atoms with Crippen molar-refractivity contribution in [3.05, 3.63) is 0 Å². The highest BCUT2D eigenvalue weighted by Gasteiger charge is 2.31. The smallest absolute Gasteiger partial charge is 0.0744 e. The molecule has 2 atom stereocenters. The molecule has 0 aliphatic heterocycles. The molecule has 0 radical (unpaired) electrons. The van der Waals surface area contributed by atoms with E-state index in [-0.39, 0.29) is 0 Å². The lowest BCUT2D eigenvalue weighted by Gasteiger charge is -2.33. The Kier molecular flexibility index (Phi) is 2.17. The lowest BCUT2D eigenvalue weighted by Crippen LogP contribution is -2.37. The van der Waals surface area contributed by atoms with Crippen molar-refractivity contribution >= 4 is 15.9 Å². The van der Waals surface area contributed by atoms with Crippen LogP contribution < -0.4 is 0 Å². The SMILES string of the molecule is C[C@@]1(O)CCCC[C@H]1Br. The maximum absolute atomic E-state index is 9.60. The quantitative estimate of drug-likeness (QED) is 0.584. The van der Waals surface area contributed by atoms with E-state index in [1.54, 1.807) is 0 Å². The molecule has 1 aliphatic rings. The Morgan fingerprint density at radius 3 is 2.56 bits per heavy atom. The standard InChI is InChI=1S/C7H13BrO/c1-7(9)5-3-2-4-6(7)8/h6,9H,2-5H2,1H3/t6-,7-/m1/s1. The average Bonchev–Trinajstić information content (AvgIpc) is 1.77. The molecule has 0 spiro atoms. The highest BCUT2D eigenvalue weighted by atomic mass is 79.9. The fourth-order valence-electron chi connectivity index (χ4n) is 1.27. The fraction of sp³-hybridized carbons (Fsp3) is 1.00. The first-order valence-electron chi connectivity index (χ1n) is 3.49. The van der Waals surface area contributed by atoms with Gasteiger partial charge in [-0.05, 0) is 19.8 Å². The zero-order chi connectivity index (χ0) is 6.91. The van der Waals surface area contributed by atoms with Crippen molar-refractivity contribution in [2.24, 2.45) is 0 Å². The van der Waals surface area contributed by atoms with Crippen molar-refractivity contribution < 1.29 is 5.11 Å². The Bertz CT molecular complexity index is 101. The zero-order valence-corrected chi connectivity index (χ0v) is 7.32. The van der Waals surface area contributed by atoms with E-state index in [1.807, 2.05) is 6.92 Å². The molecule has 54 valence electrons. The lowest BCUT2D eigenvalue weighted by molar-refractivity contribution is 0.0312. The molecule has 9 heavy (non-hydrogen) atoms. The summed E-state index contributed by atoms with van der Waals surface area (Å²) in [6.07, 6.45) is 4.50. The second-order valence-electron chi connectivity index (χ2n) is 3.07. The highest BCUT2D eigenvalue weighted by Crippen LogP contribution is 2.32. The van der Waals surface area contributed by atoms with Crippen LogP contribution in [0.5, 0.6) is 0 Å². The minimum Gasteiger partial charge on any atom is -0.389 e. The lowest BCUT2D eigenvalue weighted by atomic mass is 9.87. The maximum atomic E-state index is 9.60. The van der Waals surface area contributed by atoms with E-state index in [0.29, 0.717) is 4.83 Å². The van der Waals surface area contributed by atoms with Crippen molar-refractivity contribution in [2.45, 2.75) is 43.0 Å². The summed E-state index contributed by atoms with van der Waals surface area (Å²) >= 11 is 3.46. The van der Waals surface area contributed by atoms with Crippen LogP contribution in [0.1, 0.15) is 32.6 Å². The predicted octanol–water partition coefficient (Wildman–Crippen LogP) is 2.07. The van der Waals surface area contributed by atoms with Crippen molar-refractivity contribution in [1.29, 1.82) is 0 Å². The molecule has 1 N–H and O–H groups in total. The summed E-state index contributed by atoms with van der Waals surface area (Å²) in [6, 6.07) is 0. The monoisotopic (exact) mass is 192 g/mol. The second kappa shape index (κ2) is 2.59. The molecule has 1 nitrogen and oxygen atoms in total. The number of hydrogen-bond donors (Lipinski definition) is 1. The van der Waals surface area contributed by atoms with Crippen molar-refractivity contribution in [2.75, 3.05) is 0 Å². The Labute approximate surface area is 64.6 Å². The summed E-state index contributed by atoms with van der Waals surface area (Å²) in [5.41, 5.74) is -0.446. The van der Waals surface area contributed by atoms with Gasteiger partial charge in [-0.15, -0.1) is 0 Å². The first-order chi connectivity index (χ1) is 4.13. The molecule has 0 unspecified atom stereocenters. The summed E-state index contributed by atoms with van der Waals surface area (Å²) in [5.74, 6) is 0. The Hall–Kier alpha value is 0.440. The molecule has 1 saturated carbocycles. The number of hydrogen-bond acceptors (Lipinski definition) is 1. The van der Waals surface area contributed by atoms with Gasteiger partial charge in [-0.2, -0.15) is 0 Å². The van der Waals surface area contributed by atoms with Gasteiger partial charge in [0.2, 0.25) is 0 Å². The number of alkyl halides is 1. The predicted molar refractivity (Wildman–Crippen MR) is 41.8 cm³/mol. The van der Waals surface area contributed by atoms with Crippen LogP contribution in [0.15, 0.2) is 0 Å². The van der Waals surface area contributed by atoms with Gasteiger partial charge in [0.25, 0.3) is 0 Å². The number of aliphatic hydroxyl groups is 1. The fourth-order valence-corrected chi connectivity index (χ4v) is 1.83. The summed E-state index contributed by atoms with van der Waals surface area (Å²) < 4.78 is 0. The normalized spacial score (nSPS) is 45.0. The molecular formula is C7H13BrO. The highest BCUT2D eigenvalue weighted by molar-refractivity contribution is 9.09. The molecule has 0 heterocycles. The van der Waals surface area contributed by atoms with Gasteiger partial charge < -0.3 is 5.11 Å². The van der Waals surface area contributed by atoms with Crippen molar-refractivity contribution in [1.82, 2.24) is 0 Å². The molecule has 0 saturated heterocycles. The molecule has 0 aromatic rings. The molecule has 2 heteroatoms. The third-order valence-corrected chi connectivity index (χ3v) is 3.51. The van der Waals surface area contributed by atoms with Crippen molar-refractivity contribution in [3.63, 3.8) is 0 Å². The molecule has 0 amide bonds. The minimum atomic E-state index is -0.446. The largest absolute Gasteiger partial charge is 0.389 e. The van der Waals surface area contributed by atoms with Gasteiger partial charge in [0.15, 0.2) is 0 Å². The van der Waals surface area contributed by atoms with E-state index in [9.17, 15) is 5.11 Å². The van der Waals surface area contributed by atoms with Crippen molar-refractivity contribution in [3.8, 4) is 0 Å². The van der Waals surface area contributed by atoms with Gasteiger partial charge in [-0.1, -0.05) is 28.8 Å². The summed E-state index contributed by atoms with van der Waals surface area (Å²) in [6.45, 7) is 1.91. The molecule has 1 fully saturated rings. The molecule has 0 aromatic carbocycles. The van der Waals surface area contributed by atoms with E-state index in [0.717, 1.165) is 12.8 Å². The van der Waals surface area contributed by atoms with Crippen LogP contribution in [0.25, 0.3) is 0 Å². The van der Waals surface area contributed by atoms with Crippen LogP contribution in [0.2, 0.25) is 0 Å². The van der Waals surface area contributed by atoms with Gasteiger partial charge in [-0.3, -0.25) is 0 Å². The van der Waals surface area contributed by atoms with Crippen LogP contribution in [-0.4, -0.2) is 15.5 Å². The zero-order valence-electron chi connectivity index (χ0n) is 5.73. The molecule has 1 rings (SSSR count). The number of rotatable bonds is 0. The third-order valence-electron chi connectivity index (χ3n) is 2.07. The Morgan fingerprint density at radius 2 is 2.22 bits per heavy atom. The van der Waals surface area contributed by atoms with Crippen LogP contribution in [0.3, 0.4) is 0 Å². The van der Waals surface area contributed by atoms with E-state index in [4.69, 9.17) is 0 Å². The average molecular weight is 193 g/mol. The summed E-state index contributed by atoms with van der Waals surface area (Å²) in [4.78, 5) is 0.318. The second-order valence-corrected chi connectivity index (χ2v) is 4.18. The van der Waals surface area contributed by atoms with Gasteiger partial charge in [0, 0.05) is 4.83 Å². The maximum Gasteiger partial charge on any atom is 0.0744 e. The van der Waals surface area contributed by atoms with Crippen LogP contribution in [0, 0.1) is 0 Å². The molecule has 1 aliphatic carbocycles. The topological polar surface area (TPSA) is 20.2 Å². The third kappa shape index (κ3) is 1.68. The van der Waals surface area contributed by atoms with E-state index in [2.05, 4.69) is 15.9 Å². The minimum absolute atomic E-state index is 0.318. The molecule has 0 aromatic heterocycles. The first-order valence-corrected chi connectivity index (χ1v) is 4.41. The van der Waals surface area contributed by atoms with E-state index in [1.165, 1.54) is 12.8 Å². The van der Waals surface area contributed by atoms with Gasteiger partial charge in [0.05, 0.1) is 5.60 Å². The van der Waals surface area contributed by atoms with Gasteiger partial charge in [0.1, 0.15) is 0 Å². The van der Waals surface area contributed by atoms with Gasteiger partial charge >= 0.3 is 0 Å². The van der Waals surface area contributed by atoms with Crippen LogP contribution >= 0.6 is 15.9 Å². The summed E-state index contributed by atoms with van der Waals surface area (Å²) in [5, 5.41) is 9.60. The Morgan fingerprint density at radius 1 is 1.56 bits per heavy atom. The molecular weight excluding hydrogens is 180 g/mol. The Balaban J connectivity index is 2.49. The van der Waals surface area contributed by atoms with Gasteiger partial charge in [-0.25, -0.2) is 0 Å². The van der Waals surface area contributed by atoms with Crippen LogP contribution in [-0.2, 0) is 0 Å². The molecule has 0 bridgehead atoms. The number of halogens is 1. The van der Waals surface area contributed by atoms with Crippen LogP contribution in [0.4, 0.5) is 0 Å². The van der Waals surface area contributed by atoms with E-state index >= 15 is 0 Å². The first kappa shape index (κ1) is 7.55.